The average molecular weight is 252 g/mol. The number of aryl methyl sites for hydroxylation is 1. The highest BCUT2D eigenvalue weighted by Crippen LogP contribution is 2.29. The molecule has 0 bridgehead atoms. The summed E-state index contributed by atoms with van der Waals surface area (Å²) in [6.07, 6.45) is 7.11. The molecule has 2 nitrogen and oxygen atoms in total. The molecule has 0 spiro atoms. The normalized spacial score (nSPS) is 25.1. The van der Waals surface area contributed by atoms with E-state index in [9.17, 15) is 0 Å². The molecule has 1 aliphatic carbocycles. The summed E-state index contributed by atoms with van der Waals surface area (Å²) in [5.74, 6) is 1.94. The summed E-state index contributed by atoms with van der Waals surface area (Å²) in [4.78, 5) is 4.46. The van der Waals surface area contributed by atoms with Gasteiger partial charge < -0.3 is 5.32 Å². The van der Waals surface area contributed by atoms with E-state index in [1.165, 1.54) is 37.1 Å². The molecular weight excluding hydrogens is 228 g/mol. The van der Waals surface area contributed by atoms with E-state index in [0.29, 0.717) is 0 Å². The van der Waals surface area contributed by atoms with Crippen LogP contribution in [0, 0.1) is 18.8 Å². The van der Waals surface area contributed by atoms with E-state index in [1.54, 1.807) is 11.3 Å². The van der Waals surface area contributed by atoms with E-state index < -0.39 is 0 Å². The van der Waals surface area contributed by atoms with Gasteiger partial charge in [-0.1, -0.05) is 32.6 Å². The molecule has 1 saturated carbocycles. The van der Waals surface area contributed by atoms with Gasteiger partial charge in [-0.2, -0.15) is 0 Å². The first kappa shape index (κ1) is 13.0. The van der Waals surface area contributed by atoms with Gasteiger partial charge in [-0.15, -0.1) is 11.3 Å². The summed E-state index contributed by atoms with van der Waals surface area (Å²) in [6, 6.07) is 0. The van der Waals surface area contributed by atoms with Gasteiger partial charge in [-0.25, -0.2) is 4.98 Å². The molecule has 1 aromatic heterocycles. The Morgan fingerprint density at radius 2 is 2.12 bits per heavy atom. The zero-order valence-corrected chi connectivity index (χ0v) is 11.9. The minimum Gasteiger partial charge on any atom is -0.310 e. The highest BCUT2D eigenvalue weighted by Gasteiger charge is 2.17. The second-order valence-corrected chi connectivity index (χ2v) is 6.42. The SMILES string of the molecule is Cc1csc(CNCCC2CCC(C)CC2)n1. The first-order valence-corrected chi connectivity index (χ1v) is 7.73. The molecule has 1 fully saturated rings. The fraction of sp³-hybridized carbons (Fsp3) is 0.786. The number of thiazole rings is 1. The molecule has 96 valence electrons. The average Bonchev–Trinajstić information content (AvgIpc) is 2.73. The van der Waals surface area contributed by atoms with Crippen LogP contribution in [-0.4, -0.2) is 11.5 Å². The zero-order chi connectivity index (χ0) is 12.1. The van der Waals surface area contributed by atoms with Crippen molar-refractivity contribution in [1.82, 2.24) is 10.3 Å². The Balaban J connectivity index is 1.57. The number of aromatic nitrogens is 1. The maximum Gasteiger partial charge on any atom is 0.107 e. The number of rotatable bonds is 5. The number of hydrogen-bond donors (Lipinski definition) is 1. The molecule has 0 amide bonds. The molecule has 17 heavy (non-hydrogen) atoms. The van der Waals surface area contributed by atoms with Gasteiger partial charge in [-0.05, 0) is 31.7 Å². The van der Waals surface area contributed by atoms with Crippen LogP contribution in [0.3, 0.4) is 0 Å². The van der Waals surface area contributed by atoms with E-state index >= 15 is 0 Å². The van der Waals surface area contributed by atoms with Crippen LogP contribution in [0.4, 0.5) is 0 Å². The minimum absolute atomic E-state index is 0.946. The summed E-state index contributed by atoms with van der Waals surface area (Å²) in [5, 5.41) is 6.87. The Bertz CT molecular complexity index is 327. The molecule has 0 saturated heterocycles. The molecule has 1 aliphatic rings. The summed E-state index contributed by atoms with van der Waals surface area (Å²) in [6.45, 7) is 6.54. The van der Waals surface area contributed by atoms with Crippen LogP contribution in [0.1, 0.15) is 49.7 Å². The van der Waals surface area contributed by atoms with Crippen LogP contribution in [0.5, 0.6) is 0 Å². The summed E-state index contributed by atoms with van der Waals surface area (Å²) in [7, 11) is 0. The Kier molecular flexibility index (Phi) is 4.99. The topological polar surface area (TPSA) is 24.9 Å². The predicted octanol–water partition coefficient (Wildman–Crippen LogP) is 3.76. The molecule has 3 heteroatoms. The van der Waals surface area contributed by atoms with Crippen LogP contribution in [0.25, 0.3) is 0 Å². The quantitative estimate of drug-likeness (QED) is 0.807. The molecule has 1 N–H and O–H groups in total. The molecule has 0 aliphatic heterocycles. The van der Waals surface area contributed by atoms with Crippen molar-refractivity contribution in [2.75, 3.05) is 6.54 Å². The highest BCUT2D eigenvalue weighted by molar-refractivity contribution is 7.09. The van der Waals surface area contributed by atoms with E-state index in [1.807, 2.05) is 0 Å². The highest BCUT2D eigenvalue weighted by atomic mass is 32.1. The lowest BCUT2D eigenvalue weighted by Gasteiger charge is -2.26. The van der Waals surface area contributed by atoms with E-state index in [0.717, 1.165) is 30.6 Å². The molecule has 0 aromatic carbocycles. The molecule has 1 aromatic rings. The van der Waals surface area contributed by atoms with Crippen molar-refractivity contribution >= 4 is 11.3 Å². The third-order valence-electron chi connectivity index (χ3n) is 3.81. The number of nitrogens with zero attached hydrogens (tertiary/aromatic N) is 1. The lowest BCUT2D eigenvalue weighted by Crippen LogP contribution is -2.20. The van der Waals surface area contributed by atoms with E-state index in [2.05, 4.69) is 29.5 Å². The molecule has 0 unspecified atom stereocenters. The summed E-state index contributed by atoms with van der Waals surface area (Å²) < 4.78 is 0. The number of nitrogens with one attached hydrogen (secondary N) is 1. The fourth-order valence-corrected chi connectivity index (χ4v) is 3.34. The van der Waals surface area contributed by atoms with Gasteiger partial charge >= 0.3 is 0 Å². The maximum absolute atomic E-state index is 4.46. The van der Waals surface area contributed by atoms with Crippen molar-refractivity contribution in [2.24, 2.45) is 11.8 Å². The molecule has 2 rings (SSSR count). The smallest absolute Gasteiger partial charge is 0.107 e. The van der Waals surface area contributed by atoms with Crippen molar-refractivity contribution in [2.45, 2.75) is 52.5 Å². The third kappa shape index (κ3) is 4.40. The Hall–Kier alpha value is -0.410. The monoisotopic (exact) mass is 252 g/mol. The van der Waals surface area contributed by atoms with Gasteiger partial charge in [0.05, 0.1) is 0 Å². The van der Waals surface area contributed by atoms with Gasteiger partial charge in [0.2, 0.25) is 0 Å². The van der Waals surface area contributed by atoms with Crippen LogP contribution < -0.4 is 5.32 Å². The van der Waals surface area contributed by atoms with E-state index in [4.69, 9.17) is 0 Å². The minimum atomic E-state index is 0.946. The molecular formula is C14H24N2S. The van der Waals surface area contributed by atoms with Gasteiger partial charge in [0.1, 0.15) is 5.01 Å². The summed E-state index contributed by atoms with van der Waals surface area (Å²) in [5.41, 5.74) is 1.15. The van der Waals surface area contributed by atoms with Crippen LogP contribution in [0.2, 0.25) is 0 Å². The van der Waals surface area contributed by atoms with Crippen molar-refractivity contribution in [3.63, 3.8) is 0 Å². The lowest BCUT2D eigenvalue weighted by molar-refractivity contribution is 0.275. The van der Waals surface area contributed by atoms with Crippen molar-refractivity contribution < 1.29 is 0 Å². The second kappa shape index (κ2) is 6.50. The first-order chi connectivity index (χ1) is 8.24. The standard InChI is InChI=1S/C14H24N2S/c1-11-3-5-13(6-4-11)7-8-15-9-14-16-12(2)10-17-14/h10-11,13,15H,3-9H2,1-2H3. The van der Waals surface area contributed by atoms with Gasteiger partial charge in [-0.3, -0.25) is 0 Å². The third-order valence-corrected chi connectivity index (χ3v) is 4.77. The largest absolute Gasteiger partial charge is 0.310 e. The Morgan fingerprint density at radius 1 is 1.35 bits per heavy atom. The van der Waals surface area contributed by atoms with Crippen molar-refractivity contribution in [3.8, 4) is 0 Å². The van der Waals surface area contributed by atoms with Gasteiger partial charge in [0, 0.05) is 17.6 Å². The zero-order valence-electron chi connectivity index (χ0n) is 11.0. The van der Waals surface area contributed by atoms with Crippen LogP contribution in [-0.2, 0) is 6.54 Å². The van der Waals surface area contributed by atoms with Crippen LogP contribution in [0.15, 0.2) is 5.38 Å². The van der Waals surface area contributed by atoms with Gasteiger partial charge in [0.25, 0.3) is 0 Å². The molecule has 0 radical (unpaired) electrons. The molecule has 1 heterocycles. The second-order valence-electron chi connectivity index (χ2n) is 5.47. The van der Waals surface area contributed by atoms with Crippen LogP contribution >= 0.6 is 11.3 Å². The molecule has 0 atom stereocenters. The summed E-state index contributed by atoms with van der Waals surface area (Å²) >= 11 is 1.76. The van der Waals surface area contributed by atoms with Gasteiger partial charge in [0.15, 0.2) is 0 Å². The fourth-order valence-electron chi connectivity index (χ4n) is 2.60. The lowest BCUT2D eigenvalue weighted by atomic mass is 9.81. The predicted molar refractivity (Wildman–Crippen MR) is 74.3 cm³/mol. The maximum atomic E-state index is 4.46. The van der Waals surface area contributed by atoms with Crippen molar-refractivity contribution in [1.29, 1.82) is 0 Å². The Morgan fingerprint density at radius 3 is 2.76 bits per heavy atom. The Labute approximate surface area is 109 Å². The van der Waals surface area contributed by atoms with Crippen molar-refractivity contribution in [3.05, 3.63) is 16.1 Å². The first-order valence-electron chi connectivity index (χ1n) is 6.85. The van der Waals surface area contributed by atoms with E-state index in [-0.39, 0.29) is 0 Å². The number of hydrogen-bond acceptors (Lipinski definition) is 3.